The summed E-state index contributed by atoms with van der Waals surface area (Å²) in [5, 5.41) is 12.0. The third-order valence-electron chi connectivity index (χ3n) is 8.00. The molecule has 43 heavy (non-hydrogen) atoms. The Morgan fingerprint density at radius 3 is 2.28 bits per heavy atom. The minimum atomic E-state index is -0.919. The summed E-state index contributed by atoms with van der Waals surface area (Å²) in [5.74, 6) is -0.458. The van der Waals surface area contributed by atoms with Crippen LogP contribution in [-0.4, -0.2) is 63.7 Å². The van der Waals surface area contributed by atoms with Gasteiger partial charge in [-0.15, -0.1) is 5.10 Å². The van der Waals surface area contributed by atoms with Crippen LogP contribution >= 0.6 is 11.6 Å². The number of carbonyl (C=O) groups excluding carboxylic acids is 1. The lowest BCUT2D eigenvalue weighted by atomic mass is 9.91. The van der Waals surface area contributed by atoms with Gasteiger partial charge in [-0.3, -0.25) is 9.69 Å². The van der Waals surface area contributed by atoms with Gasteiger partial charge in [-0.05, 0) is 41.3 Å². The monoisotopic (exact) mass is 599 g/mol. The fraction of sp³-hybridized carbons (Fsp3) is 0.312. The van der Waals surface area contributed by atoms with Crippen LogP contribution in [-0.2, 0) is 22.6 Å². The molecular weight excluding hydrogens is 566 g/mol. The number of hydrogen-bond donors (Lipinski definition) is 1. The van der Waals surface area contributed by atoms with E-state index in [1.165, 1.54) is 14.8 Å². The Bertz CT molecular complexity index is 1660. The van der Waals surface area contributed by atoms with Crippen LogP contribution in [0.2, 0.25) is 5.02 Å². The van der Waals surface area contributed by atoms with E-state index in [-0.39, 0.29) is 18.4 Å². The maximum atomic E-state index is 13.7. The average Bonchev–Trinajstić information content (AvgIpc) is 3.60. The van der Waals surface area contributed by atoms with Crippen molar-refractivity contribution in [2.75, 3.05) is 37.9 Å². The van der Waals surface area contributed by atoms with Gasteiger partial charge in [-0.1, -0.05) is 78.3 Å². The summed E-state index contributed by atoms with van der Waals surface area (Å²) < 4.78 is 8.16. The number of anilines is 1. The standard InChI is InChI=1S/C32H34ClN7O3/c1-22(30(34)41)40-31(36-39(32(40)42)20-24-9-7-23(8-10-24)19-37-15-17-43-18-16-37)38-21-28(25-5-3-2-4-6-25)29(35-38)26-11-13-27(33)14-12-26/h2-14,22,28H,15-21H2,1H3,(H2,34,41)/t22-,28+/m1/s1. The molecule has 0 radical (unpaired) electrons. The maximum Gasteiger partial charge on any atom is 0.348 e. The van der Waals surface area contributed by atoms with Gasteiger partial charge in [-0.25, -0.2) is 19.1 Å². The summed E-state index contributed by atoms with van der Waals surface area (Å²) in [6.07, 6.45) is 0. The van der Waals surface area contributed by atoms with Crippen LogP contribution in [0.3, 0.4) is 0 Å². The molecule has 0 spiro atoms. The van der Waals surface area contributed by atoms with Gasteiger partial charge in [0.1, 0.15) is 6.04 Å². The number of carbonyl (C=O) groups is 1. The number of nitrogens with two attached hydrogens (primary N) is 1. The molecular formula is C32H34ClN7O3. The molecule has 2 atom stereocenters. The highest BCUT2D eigenvalue weighted by molar-refractivity contribution is 6.30. The third kappa shape index (κ3) is 6.27. The maximum absolute atomic E-state index is 13.7. The Morgan fingerprint density at radius 1 is 0.977 bits per heavy atom. The van der Waals surface area contributed by atoms with E-state index in [2.05, 4.69) is 29.2 Å². The average molecular weight is 600 g/mol. The van der Waals surface area contributed by atoms with Crippen molar-refractivity contribution in [3.63, 3.8) is 0 Å². The smallest absolute Gasteiger partial charge is 0.348 e. The molecule has 0 bridgehead atoms. The number of hydrazone groups is 1. The van der Waals surface area contributed by atoms with E-state index in [1.807, 2.05) is 54.6 Å². The molecule has 0 unspecified atom stereocenters. The number of benzene rings is 3. The molecule has 3 heterocycles. The normalized spacial score (nSPS) is 18.0. The number of rotatable bonds is 9. The number of halogens is 1. The summed E-state index contributed by atoms with van der Waals surface area (Å²) in [7, 11) is 0. The molecule has 2 aliphatic rings. The molecule has 6 rings (SSSR count). The van der Waals surface area contributed by atoms with Gasteiger partial charge in [0.15, 0.2) is 0 Å². The van der Waals surface area contributed by atoms with E-state index in [9.17, 15) is 9.59 Å². The molecule has 1 fully saturated rings. The van der Waals surface area contributed by atoms with Crippen molar-refractivity contribution in [1.29, 1.82) is 0 Å². The van der Waals surface area contributed by atoms with E-state index < -0.39 is 17.6 Å². The SMILES string of the molecule is C[C@H](C(N)=O)n1c(N2C[C@@H](c3ccccc3)C(c3ccc(Cl)cc3)=N2)nn(Cc2ccc(CN3CCOCC3)cc2)c1=O. The third-order valence-corrected chi connectivity index (χ3v) is 8.26. The Labute approximate surface area is 254 Å². The number of amides is 1. The zero-order valence-corrected chi connectivity index (χ0v) is 24.7. The fourth-order valence-electron chi connectivity index (χ4n) is 5.55. The lowest BCUT2D eigenvalue weighted by Crippen LogP contribution is -2.35. The van der Waals surface area contributed by atoms with Crippen LogP contribution in [0.5, 0.6) is 0 Å². The predicted octanol–water partition coefficient (Wildman–Crippen LogP) is 3.63. The molecule has 10 nitrogen and oxygen atoms in total. The van der Waals surface area contributed by atoms with Gasteiger partial charge in [0.05, 0.1) is 32.0 Å². The van der Waals surface area contributed by atoms with Crippen LogP contribution < -0.4 is 16.4 Å². The van der Waals surface area contributed by atoms with Crippen LogP contribution in [0.15, 0.2) is 88.8 Å². The van der Waals surface area contributed by atoms with Crippen LogP contribution in [0.1, 0.15) is 41.1 Å². The Balaban J connectivity index is 1.32. The van der Waals surface area contributed by atoms with E-state index in [4.69, 9.17) is 32.3 Å². The zero-order chi connectivity index (χ0) is 29.9. The highest BCUT2D eigenvalue weighted by Crippen LogP contribution is 2.32. The summed E-state index contributed by atoms with van der Waals surface area (Å²) in [5.41, 5.74) is 10.2. The van der Waals surface area contributed by atoms with Gasteiger partial charge in [0, 0.05) is 30.6 Å². The second-order valence-corrected chi connectivity index (χ2v) is 11.4. The molecule has 2 aliphatic heterocycles. The molecule has 222 valence electrons. The van der Waals surface area contributed by atoms with Crippen LogP contribution in [0.4, 0.5) is 5.95 Å². The minimum absolute atomic E-state index is 0.0982. The molecule has 1 aromatic heterocycles. The van der Waals surface area contributed by atoms with E-state index in [0.29, 0.717) is 11.6 Å². The van der Waals surface area contributed by atoms with Crippen molar-refractivity contribution in [2.24, 2.45) is 10.8 Å². The first-order valence-corrected chi connectivity index (χ1v) is 14.8. The predicted molar refractivity (Wildman–Crippen MR) is 167 cm³/mol. The number of hydrogen-bond acceptors (Lipinski definition) is 7. The van der Waals surface area contributed by atoms with Gasteiger partial charge >= 0.3 is 5.69 Å². The summed E-state index contributed by atoms with van der Waals surface area (Å²) >= 11 is 6.17. The number of nitrogens with zero attached hydrogens (tertiary/aromatic N) is 6. The molecule has 0 saturated carbocycles. The summed E-state index contributed by atoms with van der Waals surface area (Å²) in [6.45, 7) is 6.47. The van der Waals surface area contributed by atoms with E-state index >= 15 is 0 Å². The molecule has 3 aromatic carbocycles. The van der Waals surface area contributed by atoms with Crippen LogP contribution in [0.25, 0.3) is 0 Å². The van der Waals surface area contributed by atoms with E-state index in [0.717, 1.165) is 55.3 Å². The fourth-order valence-corrected chi connectivity index (χ4v) is 5.67. The second kappa shape index (κ2) is 12.5. The molecule has 11 heteroatoms. The largest absolute Gasteiger partial charge is 0.379 e. The van der Waals surface area contributed by atoms with Crippen molar-refractivity contribution in [3.05, 3.63) is 117 Å². The molecule has 4 aromatic rings. The quantitative estimate of drug-likeness (QED) is 0.315. The lowest BCUT2D eigenvalue weighted by molar-refractivity contribution is -0.120. The molecule has 0 aliphatic carbocycles. The Morgan fingerprint density at radius 2 is 1.63 bits per heavy atom. The zero-order valence-electron chi connectivity index (χ0n) is 24.0. The number of morpholine rings is 1. The Kier molecular flexibility index (Phi) is 8.42. The van der Waals surface area contributed by atoms with Gasteiger partial charge in [0.2, 0.25) is 11.9 Å². The highest BCUT2D eigenvalue weighted by Gasteiger charge is 2.34. The summed E-state index contributed by atoms with van der Waals surface area (Å²) in [4.78, 5) is 28.4. The topological polar surface area (TPSA) is 111 Å². The van der Waals surface area contributed by atoms with Crippen molar-refractivity contribution < 1.29 is 9.53 Å². The van der Waals surface area contributed by atoms with Gasteiger partial charge in [0.25, 0.3) is 0 Å². The van der Waals surface area contributed by atoms with Crippen molar-refractivity contribution in [1.82, 2.24) is 19.2 Å². The van der Waals surface area contributed by atoms with Crippen molar-refractivity contribution >= 4 is 29.2 Å². The highest BCUT2D eigenvalue weighted by atomic mass is 35.5. The van der Waals surface area contributed by atoms with E-state index in [1.54, 1.807) is 11.9 Å². The number of primary amides is 1. The molecule has 2 N–H and O–H groups in total. The van der Waals surface area contributed by atoms with Crippen LogP contribution in [0, 0.1) is 0 Å². The summed E-state index contributed by atoms with van der Waals surface area (Å²) in [6, 6.07) is 24.8. The Hall–Kier alpha value is -4.25. The first-order valence-electron chi connectivity index (χ1n) is 14.4. The number of aromatic nitrogens is 3. The van der Waals surface area contributed by atoms with Crippen molar-refractivity contribution in [2.45, 2.75) is 32.0 Å². The molecule has 1 amide bonds. The van der Waals surface area contributed by atoms with Crippen molar-refractivity contribution in [3.8, 4) is 0 Å². The lowest BCUT2D eigenvalue weighted by Gasteiger charge is -2.26. The second-order valence-electron chi connectivity index (χ2n) is 10.9. The number of ether oxygens (including phenoxy) is 1. The molecule has 1 saturated heterocycles. The van der Waals surface area contributed by atoms with Gasteiger partial charge < -0.3 is 10.5 Å². The van der Waals surface area contributed by atoms with Gasteiger partial charge in [-0.2, -0.15) is 5.10 Å². The first-order chi connectivity index (χ1) is 20.9. The first kappa shape index (κ1) is 28.9. The minimum Gasteiger partial charge on any atom is -0.379 e.